The molecule has 1 atom stereocenters. The van der Waals surface area contributed by atoms with Crippen LogP contribution in [0.4, 0.5) is 0 Å². The maximum atomic E-state index is 5.88. The van der Waals surface area contributed by atoms with Gasteiger partial charge < -0.3 is 5.73 Å². The van der Waals surface area contributed by atoms with Crippen molar-refractivity contribution in [2.45, 2.75) is 19.4 Å². The molecule has 0 aliphatic heterocycles. The van der Waals surface area contributed by atoms with E-state index in [1.807, 2.05) is 19.2 Å². The smallest absolute Gasteiger partial charge is 0.0704 e. The predicted octanol–water partition coefficient (Wildman–Crippen LogP) is 3.85. The number of pyridine rings is 1. The zero-order chi connectivity index (χ0) is 13.9. The summed E-state index contributed by atoms with van der Waals surface area (Å²) in [6.45, 7) is 2.01. The van der Waals surface area contributed by atoms with Gasteiger partial charge in [-0.1, -0.05) is 42.5 Å². The summed E-state index contributed by atoms with van der Waals surface area (Å²) in [5.41, 5.74) is 10.7. The molecule has 2 heteroatoms. The van der Waals surface area contributed by atoms with Crippen LogP contribution in [0.2, 0.25) is 0 Å². The molecule has 0 radical (unpaired) electrons. The summed E-state index contributed by atoms with van der Waals surface area (Å²) in [4.78, 5) is 4.40. The number of benzene rings is 2. The molecule has 0 saturated carbocycles. The van der Waals surface area contributed by atoms with Crippen molar-refractivity contribution in [3.8, 4) is 0 Å². The first-order valence-corrected chi connectivity index (χ1v) is 6.91. The van der Waals surface area contributed by atoms with Crippen LogP contribution in [0.3, 0.4) is 0 Å². The second kappa shape index (κ2) is 5.43. The van der Waals surface area contributed by atoms with Gasteiger partial charge in [0.25, 0.3) is 0 Å². The fraction of sp³-hybridized carbons (Fsp3) is 0.167. The molecule has 1 heterocycles. The molecule has 0 aliphatic carbocycles. The number of fused-ring (bicyclic) bond motifs is 1. The van der Waals surface area contributed by atoms with Crippen LogP contribution in [0.15, 0.2) is 60.8 Å². The molecular formula is C18H18N2. The molecule has 100 valence electrons. The summed E-state index contributed by atoms with van der Waals surface area (Å²) in [6, 6.07) is 19.0. The summed E-state index contributed by atoms with van der Waals surface area (Å²) < 4.78 is 0. The van der Waals surface area contributed by atoms with Gasteiger partial charge in [-0.15, -0.1) is 0 Å². The second-order valence-corrected chi connectivity index (χ2v) is 5.19. The lowest BCUT2D eigenvalue weighted by Gasteiger charge is -2.09. The van der Waals surface area contributed by atoms with Gasteiger partial charge >= 0.3 is 0 Å². The van der Waals surface area contributed by atoms with Gasteiger partial charge in [-0.2, -0.15) is 0 Å². The number of hydrogen-bond acceptors (Lipinski definition) is 2. The molecule has 3 aromatic rings. The zero-order valence-electron chi connectivity index (χ0n) is 11.6. The van der Waals surface area contributed by atoms with Crippen molar-refractivity contribution < 1.29 is 0 Å². The minimum absolute atomic E-state index is 0.0887. The molecule has 0 fully saturated rings. The third-order valence-electron chi connectivity index (χ3n) is 3.64. The van der Waals surface area contributed by atoms with E-state index < -0.39 is 0 Å². The van der Waals surface area contributed by atoms with E-state index in [2.05, 4.69) is 53.5 Å². The highest BCUT2D eigenvalue weighted by molar-refractivity contribution is 5.82. The third-order valence-corrected chi connectivity index (χ3v) is 3.64. The molecule has 2 nitrogen and oxygen atoms in total. The second-order valence-electron chi connectivity index (χ2n) is 5.19. The van der Waals surface area contributed by atoms with E-state index in [1.54, 1.807) is 0 Å². The molecule has 1 unspecified atom stereocenters. The summed E-state index contributed by atoms with van der Waals surface area (Å²) >= 11 is 0. The quantitative estimate of drug-likeness (QED) is 0.778. The minimum atomic E-state index is 0.0887. The molecule has 0 bridgehead atoms. The Morgan fingerprint density at radius 2 is 1.75 bits per heavy atom. The van der Waals surface area contributed by atoms with E-state index in [9.17, 15) is 0 Å². The maximum Gasteiger partial charge on any atom is 0.0704 e. The van der Waals surface area contributed by atoms with Crippen LogP contribution in [0.5, 0.6) is 0 Å². The standard InChI is InChI=1S/C18H18N2/c1-13(19)15-8-6-14(7-9-15)12-16-10-11-20-18-5-3-2-4-17(16)18/h2-11,13H,12,19H2,1H3. The van der Waals surface area contributed by atoms with Crippen LogP contribution in [-0.4, -0.2) is 4.98 Å². The van der Waals surface area contributed by atoms with E-state index >= 15 is 0 Å². The van der Waals surface area contributed by atoms with Crippen molar-refractivity contribution in [3.05, 3.63) is 77.5 Å². The van der Waals surface area contributed by atoms with Gasteiger partial charge in [-0.05, 0) is 42.2 Å². The van der Waals surface area contributed by atoms with E-state index in [4.69, 9.17) is 5.73 Å². The van der Waals surface area contributed by atoms with Crippen LogP contribution in [0.1, 0.15) is 29.7 Å². The van der Waals surface area contributed by atoms with Crippen molar-refractivity contribution >= 4 is 10.9 Å². The molecule has 0 spiro atoms. The largest absolute Gasteiger partial charge is 0.324 e. The summed E-state index contributed by atoms with van der Waals surface area (Å²) in [5, 5.41) is 1.23. The number of rotatable bonds is 3. The minimum Gasteiger partial charge on any atom is -0.324 e. The van der Waals surface area contributed by atoms with Crippen molar-refractivity contribution in [2.24, 2.45) is 5.73 Å². The molecule has 2 aromatic carbocycles. The van der Waals surface area contributed by atoms with Crippen LogP contribution in [-0.2, 0) is 6.42 Å². The van der Waals surface area contributed by atoms with Crippen LogP contribution < -0.4 is 5.73 Å². The monoisotopic (exact) mass is 262 g/mol. The Hall–Kier alpha value is -2.19. The van der Waals surface area contributed by atoms with Gasteiger partial charge in [-0.25, -0.2) is 0 Å². The Bertz CT molecular complexity index is 710. The van der Waals surface area contributed by atoms with E-state index in [0.717, 1.165) is 11.9 Å². The molecule has 1 aromatic heterocycles. The highest BCUT2D eigenvalue weighted by Gasteiger charge is 2.04. The number of aromatic nitrogens is 1. The van der Waals surface area contributed by atoms with Gasteiger partial charge in [0, 0.05) is 17.6 Å². The normalized spacial score (nSPS) is 12.5. The number of para-hydroxylation sites is 1. The fourth-order valence-electron chi connectivity index (χ4n) is 2.47. The average Bonchev–Trinajstić information content (AvgIpc) is 2.48. The fourth-order valence-corrected chi connectivity index (χ4v) is 2.47. The highest BCUT2D eigenvalue weighted by atomic mass is 14.6. The first kappa shape index (κ1) is 12.8. The van der Waals surface area contributed by atoms with Gasteiger partial charge in [0.2, 0.25) is 0 Å². The molecule has 3 rings (SSSR count). The Balaban J connectivity index is 1.93. The summed E-state index contributed by atoms with van der Waals surface area (Å²) in [5.74, 6) is 0. The van der Waals surface area contributed by atoms with E-state index in [1.165, 1.54) is 22.1 Å². The van der Waals surface area contributed by atoms with Gasteiger partial charge in [-0.3, -0.25) is 4.98 Å². The van der Waals surface area contributed by atoms with Crippen molar-refractivity contribution in [2.75, 3.05) is 0 Å². The zero-order valence-corrected chi connectivity index (χ0v) is 11.6. The maximum absolute atomic E-state index is 5.88. The summed E-state index contributed by atoms with van der Waals surface area (Å²) in [6.07, 6.45) is 2.80. The molecular weight excluding hydrogens is 244 g/mol. The van der Waals surface area contributed by atoms with Gasteiger partial charge in [0.15, 0.2) is 0 Å². The molecule has 0 saturated heterocycles. The number of hydrogen-bond donors (Lipinski definition) is 1. The number of nitrogens with two attached hydrogens (primary N) is 1. The Kier molecular flexibility index (Phi) is 3.48. The van der Waals surface area contributed by atoms with Crippen LogP contribution >= 0.6 is 0 Å². The lowest BCUT2D eigenvalue weighted by Crippen LogP contribution is -2.04. The van der Waals surface area contributed by atoms with Crippen LogP contribution in [0, 0.1) is 0 Å². The first-order valence-electron chi connectivity index (χ1n) is 6.91. The molecule has 0 aliphatic rings. The third kappa shape index (κ3) is 2.56. The molecule has 0 amide bonds. The Morgan fingerprint density at radius 3 is 2.50 bits per heavy atom. The topological polar surface area (TPSA) is 38.9 Å². The van der Waals surface area contributed by atoms with Gasteiger partial charge in [0.05, 0.1) is 5.52 Å². The lowest BCUT2D eigenvalue weighted by atomic mass is 9.99. The number of nitrogens with zero attached hydrogens (tertiary/aromatic N) is 1. The summed E-state index contributed by atoms with van der Waals surface area (Å²) in [7, 11) is 0. The van der Waals surface area contributed by atoms with Crippen molar-refractivity contribution in [3.63, 3.8) is 0 Å². The predicted molar refractivity (Wildman–Crippen MR) is 83.6 cm³/mol. The Morgan fingerprint density at radius 1 is 1.00 bits per heavy atom. The first-order chi connectivity index (χ1) is 9.74. The molecule has 2 N–H and O–H groups in total. The van der Waals surface area contributed by atoms with Crippen molar-refractivity contribution in [1.29, 1.82) is 0 Å². The lowest BCUT2D eigenvalue weighted by molar-refractivity contribution is 0.817. The van der Waals surface area contributed by atoms with Crippen LogP contribution in [0.25, 0.3) is 10.9 Å². The van der Waals surface area contributed by atoms with Crippen molar-refractivity contribution in [1.82, 2.24) is 4.98 Å². The van der Waals surface area contributed by atoms with E-state index in [0.29, 0.717) is 0 Å². The highest BCUT2D eigenvalue weighted by Crippen LogP contribution is 2.20. The molecule has 20 heavy (non-hydrogen) atoms. The SMILES string of the molecule is CC(N)c1ccc(Cc2ccnc3ccccc23)cc1. The van der Waals surface area contributed by atoms with E-state index in [-0.39, 0.29) is 6.04 Å². The Labute approximate surface area is 119 Å². The van der Waals surface area contributed by atoms with Gasteiger partial charge in [0.1, 0.15) is 0 Å². The average molecular weight is 262 g/mol.